The maximum absolute atomic E-state index is 14.0. The quantitative estimate of drug-likeness (QED) is 0.836. The predicted molar refractivity (Wildman–Crippen MR) is 104 cm³/mol. The van der Waals surface area contributed by atoms with Crippen molar-refractivity contribution in [1.82, 2.24) is 4.90 Å². The van der Waals surface area contributed by atoms with Crippen molar-refractivity contribution in [1.29, 1.82) is 0 Å². The molecule has 1 N–H and O–H groups in total. The van der Waals surface area contributed by atoms with Crippen LogP contribution in [0, 0.1) is 11.7 Å². The van der Waals surface area contributed by atoms with Crippen molar-refractivity contribution in [2.75, 3.05) is 18.4 Å². The average Bonchev–Trinajstić information content (AvgIpc) is 2.68. The van der Waals surface area contributed by atoms with Gasteiger partial charge in [-0.1, -0.05) is 36.7 Å². The van der Waals surface area contributed by atoms with Crippen LogP contribution in [0.3, 0.4) is 0 Å². The predicted octanol–water partition coefficient (Wildman–Crippen LogP) is 4.53. The number of benzene rings is 2. The molecule has 142 valence electrons. The summed E-state index contributed by atoms with van der Waals surface area (Å²) >= 11 is 5.98. The minimum absolute atomic E-state index is 0.0460. The Morgan fingerprint density at radius 2 is 1.81 bits per heavy atom. The third kappa shape index (κ3) is 4.48. The summed E-state index contributed by atoms with van der Waals surface area (Å²) in [7, 11) is 0. The maximum atomic E-state index is 14.0. The number of aryl methyl sites for hydroxylation is 1. The van der Waals surface area contributed by atoms with Gasteiger partial charge in [0, 0.05) is 24.7 Å². The zero-order valence-electron chi connectivity index (χ0n) is 15.2. The Morgan fingerprint density at radius 3 is 2.41 bits per heavy atom. The number of hydrogen-bond acceptors (Lipinski definition) is 2. The number of anilines is 1. The largest absolute Gasteiger partial charge is 0.338 e. The van der Waals surface area contributed by atoms with E-state index in [0.29, 0.717) is 25.9 Å². The number of rotatable bonds is 4. The SMILES string of the molecule is CCc1ccc(NC(=O)C2CCN(C(=O)c3c(F)cccc3Cl)CC2)cc1. The lowest BCUT2D eigenvalue weighted by molar-refractivity contribution is -0.121. The zero-order valence-corrected chi connectivity index (χ0v) is 15.9. The number of likely N-dealkylation sites (tertiary alicyclic amines) is 1. The fourth-order valence-electron chi connectivity index (χ4n) is 3.27. The van der Waals surface area contributed by atoms with Gasteiger partial charge in [0.2, 0.25) is 5.91 Å². The summed E-state index contributed by atoms with van der Waals surface area (Å²) in [6, 6.07) is 12.0. The van der Waals surface area contributed by atoms with Crippen molar-refractivity contribution in [3.63, 3.8) is 0 Å². The molecule has 6 heteroatoms. The molecule has 1 fully saturated rings. The standard InChI is InChI=1S/C21H22ClFN2O2/c1-2-14-6-8-16(9-7-14)24-20(26)15-10-12-25(13-11-15)21(27)19-17(22)4-3-5-18(19)23/h3-9,15H,2,10-13H2,1H3,(H,24,26). The van der Waals surface area contributed by atoms with Crippen molar-refractivity contribution in [2.24, 2.45) is 5.92 Å². The number of carbonyl (C=O) groups is 2. The van der Waals surface area contributed by atoms with E-state index < -0.39 is 11.7 Å². The Morgan fingerprint density at radius 1 is 1.15 bits per heavy atom. The van der Waals surface area contributed by atoms with Gasteiger partial charge < -0.3 is 10.2 Å². The number of hydrogen-bond donors (Lipinski definition) is 1. The summed E-state index contributed by atoms with van der Waals surface area (Å²) in [5, 5.41) is 3.04. The Kier molecular flexibility index (Phi) is 6.11. The van der Waals surface area contributed by atoms with E-state index in [0.717, 1.165) is 12.1 Å². The molecule has 2 amide bonds. The van der Waals surface area contributed by atoms with Crippen molar-refractivity contribution in [2.45, 2.75) is 26.2 Å². The smallest absolute Gasteiger partial charge is 0.258 e. The minimum Gasteiger partial charge on any atom is -0.338 e. The van der Waals surface area contributed by atoms with Gasteiger partial charge in [-0.25, -0.2) is 4.39 Å². The summed E-state index contributed by atoms with van der Waals surface area (Å²) in [4.78, 5) is 26.6. The van der Waals surface area contributed by atoms with Gasteiger partial charge in [-0.15, -0.1) is 0 Å². The van der Waals surface area contributed by atoms with Crippen LogP contribution in [0.1, 0.15) is 35.7 Å². The van der Waals surface area contributed by atoms with Gasteiger partial charge in [0.05, 0.1) is 10.6 Å². The molecule has 0 atom stereocenters. The van der Waals surface area contributed by atoms with Crippen LogP contribution in [0.2, 0.25) is 5.02 Å². The molecule has 2 aromatic carbocycles. The van der Waals surface area contributed by atoms with Gasteiger partial charge in [0.25, 0.3) is 5.91 Å². The molecule has 3 rings (SSSR count). The molecule has 1 saturated heterocycles. The second kappa shape index (κ2) is 8.53. The molecule has 27 heavy (non-hydrogen) atoms. The van der Waals surface area contributed by atoms with Gasteiger partial charge in [-0.2, -0.15) is 0 Å². The second-order valence-electron chi connectivity index (χ2n) is 6.70. The monoisotopic (exact) mass is 388 g/mol. The van der Waals surface area contributed by atoms with E-state index in [2.05, 4.69) is 12.2 Å². The highest BCUT2D eigenvalue weighted by molar-refractivity contribution is 6.33. The van der Waals surface area contributed by atoms with E-state index in [-0.39, 0.29) is 22.4 Å². The first-order valence-corrected chi connectivity index (χ1v) is 9.50. The number of carbonyl (C=O) groups excluding carboxylic acids is 2. The second-order valence-corrected chi connectivity index (χ2v) is 7.11. The first-order valence-electron chi connectivity index (χ1n) is 9.12. The topological polar surface area (TPSA) is 49.4 Å². The molecule has 0 aromatic heterocycles. The van der Waals surface area contributed by atoms with Crippen LogP contribution >= 0.6 is 11.6 Å². The van der Waals surface area contributed by atoms with Crippen LogP contribution in [0.4, 0.5) is 10.1 Å². The molecular weight excluding hydrogens is 367 g/mol. The number of amides is 2. The Hall–Kier alpha value is -2.40. The number of nitrogens with one attached hydrogen (secondary N) is 1. The van der Waals surface area contributed by atoms with E-state index in [4.69, 9.17) is 11.6 Å². The van der Waals surface area contributed by atoms with Crippen molar-refractivity contribution in [3.05, 3.63) is 64.4 Å². The summed E-state index contributed by atoms with van der Waals surface area (Å²) in [6.07, 6.45) is 2.03. The van der Waals surface area contributed by atoms with E-state index >= 15 is 0 Å². The van der Waals surface area contributed by atoms with E-state index in [1.54, 1.807) is 4.90 Å². The van der Waals surface area contributed by atoms with Crippen LogP contribution in [0.5, 0.6) is 0 Å². The molecule has 0 saturated carbocycles. The van der Waals surface area contributed by atoms with Gasteiger partial charge in [0.1, 0.15) is 5.82 Å². The van der Waals surface area contributed by atoms with E-state index in [1.165, 1.54) is 23.8 Å². The molecule has 0 spiro atoms. The fraction of sp³-hybridized carbons (Fsp3) is 0.333. The van der Waals surface area contributed by atoms with Crippen LogP contribution in [0.25, 0.3) is 0 Å². The molecular formula is C21H22ClFN2O2. The Balaban J connectivity index is 1.58. The number of nitrogens with zero attached hydrogens (tertiary/aromatic N) is 1. The third-order valence-corrected chi connectivity index (χ3v) is 5.27. The van der Waals surface area contributed by atoms with Crippen LogP contribution in [-0.4, -0.2) is 29.8 Å². The van der Waals surface area contributed by atoms with Gasteiger partial charge in [-0.3, -0.25) is 9.59 Å². The van der Waals surface area contributed by atoms with Gasteiger partial charge in [0.15, 0.2) is 0 Å². The molecule has 1 aliphatic heterocycles. The van der Waals surface area contributed by atoms with E-state index in [9.17, 15) is 14.0 Å². The summed E-state index contributed by atoms with van der Waals surface area (Å²) in [5.74, 6) is -1.26. The zero-order chi connectivity index (χ0) is 19.4. The highest BCUT2D eigenvalue weighted by Gasteiger charge is 2.29. The molecule has 0 unspecified atom stereocenters. The lowest BCUT2D eigenvalue weighted by Gasteiger charge is -2.31. The number of piperidine rings is 1. The molecule has 0 radical (unpaired) electrons. The van der Waals surface area contributed by atoms with Crippen molar-refractivity contribution < 1.29 is 14.0 Å². The highest BCUT2D eigenvalue weighted by atomic mass is 35.5. The Bertz CT molecular complexity index is 810. The maximum Gasteiger partial charge on any atom is 0.258 e. The molecule has 2 aromatic rings. The highest BCUT2D eigenvalue weighted by Crippen LogP contribution is 2.25. The molecule has 4 nitrogen and oxygen atoms in total. The summed E-state index contributed by atoms with van der Waals surface area (Å²) < 4.78 is 14.0. The Labute approximate surface area is 163 Å². The first-order chi connectivity index (χ1) is 13.0. The van der Waals surface area contributed by atoms with Crippen molar-refractivity contribution >= 4 is 29.1 Å². The third-order valence-electron chi connectivity index (χ3n) is 4.96. The molecule has 0 bridgehead atoms. The lowest BCUT2D eigenvalue weighted by atomic mass is 9.95. The van der Waals surface area contributed by atoms with Gasteiger partial charge >= 0.3 is 0 Å². The normalized spacial score (nSPS) is 14.9. The summed E-state index contributed by atoms with van der Waals surface area (Å²) in [5.41, 5.74) is 1.89. The van der Waals surface area contributed by atoms with E-state index in [1.807, 2.05) is 24.3 Å². The lowest BCUT2D eigenvalue weighted by Crippen LogP contribution is -2.41. The average molecular weight is 389 g/mol. The minimum atomic E-state index is -0.622. The first kappa shape index (κ1) is 19.4. The molecule has 1 heterocycles. The van der Waals surface area contributed by atoms with Crippen LogP contribution in [0.15, 0.2) is 42.5 Å². The molecule has 1 aliphatic rings. The van der Waals surface area contributed by atoms with Crippen LogP contribution < -0.4 is 5.32 Å². The fourth-order valence-corrected chi connectivity index (χ4v) is 3.52. The van der Waals surface area contributed by atoms with Crippen LogP contribution in [-0.2, 0) is 11.2 Å². The van der Waals surface area contributed by atoms with Crippen molar-refractivity contribution in [3.8, 4) is 0 Å². The van der Waals surface area contributed by atoms with Gasteiger partial charge in [-0.05, 0) is 49.1 Å². The molecule has 0 aliphatic carbocycles. The number of halogens is 2. The summed E-state index contributed by atoms with van der Waals surface area (Å²) in [6.45, 7) is 2.88.